The largest absolute Gasteiger partial charge is 0.350 e. The Hall–Kier alpha value is -1.01. The first-order chi connectivity index (χ1) is 9.66. The zero-order chi connectivity index (χ0) is 14.4. The lowest BCUT2D eigenvalue weighted by atomic mass is 10.1. The summed E-state index contributed by atoms with van der Waals surface area (Å²) in [5, 5.41) is 7.13. The van der Waals surface area contributed by atoms with E-state index in [1.165, 1.54) is 37.2 Å². The summed E-state index contributed by atoms with van der Waals surface area (Å²) < 4.78 is 3.98. The van der Waals surface area contributed by atoms with Crippen LogP contribution in [0, 0.1) is 0 Å². The molecule has 112 valence electrons. The van der Waals surface area contributed by atoms with Crippen molar-refractivity contribution in [2.24, 2.45) is 0 Å². The van der Waals surface area contributed by atoms with E-state index in [0.29, 0.717) is 19.0 Å². The summed E-state index contributed by atoms with van der Waals surface area (Å²) in [5.41, 5.74) is 1.00. The summed E-state index contributed by atoms with van der Waals surface area (Å²) >= 11 is 1.38. The molecule has 6 heteroatoms. The van der Waals surface area contributed by atoms with Crippen LogP contribution < -0.4 is 5.32 Å². The van der Waals surface area contributed by atoms with Gasteiger partial charge >= 0.3 is 0 Å². The molecule has 0 radical (unpaired) electrons. The fourth-order valence-electron chi connectivity index (χ4n) is 2.51. The maximum absolute atomic E-state index is 12.0. The highest BCUT2D eigenvalue weighted by Gasteiger charge is 2.15. The molecule has 1 aromatic heterocycles. The quantitative estimate of drug-likeness (QED) is 0.904. The van der Waals surface area contributed by atoms with E-state index in [0.717, 1.165) is 23.7 Å². The van der Waals surface area contributed by atoms with E-state index in [9.17, 15) is 4.79 Å². The minimum absolute atomic E-state index is 0.106. The number of nitrogens with zero attached hydrogens (tertiary/aromatic N) is 3. The lowest BCUT2D eigenvalue weighted by Gasteiger charge is -2.18. The van der Waals surface area contributed by atoms with E-state index >= 15 is 0 Å². The second kappa shape index (κ2) is 7.69. The lowest BCUT2D eigenvalue weighted by Crippen LogP contribution is -2.37. The van der Waals surface area contributed by atoms with Crippen molar-refractivity contribution in [1.29, 1.82) is 0 Å². The molecule has 0 aliphatic carbocycles. The van der Waals surface area contributed by atoms with Crippen LogP contribution in [0.1, 0.15) is 56.0 Å². The number of rotatable bonds is 5. The van der Waals surface area contributed by atoms with Crippen LogP contribution in [0.2, 0.25) is 0 Å². The molecule has 2 rings (SSSR count). The smallest absolute Gasteiger partial charge is 0.234 e. The molecule has 0 saturated carbocycles. The first-order valence-corrected chi connectivity index (χ1v) is 8.24. The summed E-state index contributed by atoms with van der Waals surface area (Å²) in [4.78, 5) is 15.3. The summed E-state index contributed by atoms with van der Waals surface area (Å²) in [7, 11) is 0. The molecule has 0 atom stereocenters. The van der Waals surface area contributed by atoms with Crippen LogP contribution in [-0.4, -0.2) is 40.0 Å². The summed E-state index contributed by atoms with van der Waals surface area (Å²) in [6, 6.07) is 0. The van der Waals surface area contributed by atoms with Crippen LogP contribution in [0.3, 0.4) is 0 Å². The molecule has 1 aliphatic heterocycles. The zero-order valence-electron chi connectivity index (χ0n) is 12.4. The van der Waals surface area contributed by atoms with Gasteiger partial charge in [0.15, 0.2) is 0 Å². The maximum Gasteiger partial charge on any atom is 0.234 e. The highest BCUT2D eigenvalue weighted by molar-refractivity contribution is 7.05. The van der Waals surface area contributed by atoms with E-state index in [2.05, 4.69) is 33.7 Å². The standard InChI is InChI=1S/C14H24N4OS/c1-11(2)14-12(20-17-16-14)9-15-13(19)10-18-7-5-3-4-6-8-18/h11H,3-10H2,1-2H3,(H,15,19). The second-order valence-electron chi connectivity index (χ2n) is 5.70. The number of amides is 1. The van der Waals surface area contributed by atoms with Crippen LogP contribution in [0.15, 0.2) is 0 Å². The van der Waals surface area contributed by atoms with Gasteiger partial charge in [0.05, 0.1) is 23.7 Å². The third-order valence-corrected chi connectivity index (χ3v) is 4.38. The Bertz CT molecular complexity index is 425. The third kappa shape index (κ3) is 4.52. The minimum atomic E-state index is 0.106. The van der Waals surface area contributed by atoms with Crippen molar-refractivity contribution < 1.29 is 4.79 Å². The fourth-order valence-corrected chi connectivity index (χ4v) is 3.24. The molecule has 1 fully saturated rings. The molecule has 20 heavy (non-hydrogen) atoms. The summed E-state index contributed by atoms with van der Waals surface area (Å²) in [5.74, 6) is 0.460. The molecular weight excluding hydrogens is 272 g/mol. The number of likely N-dealkylation sites (tertiary alicyclic amines) is 1. The minimum Gasteiger partial charge on any atom is -0.350 e. The monoisotopic (exact) mass is 296 g/mol. The highest BCUT2D eigenvalue weighted by Crippen LogP contribution is 2.19. The Labute approximate surface area is 124 Å². The number of hydrogen-bond acceptors (Lipinski definition) is 5. The first-order valence-electron chi connectivity index (χ1n) is 7.47. The molecular formula is C14H24N4OS. The molecule has 0 unspecified atom stereocenters. The molecule has 0 bridgehead atoms. The van der Waals surface area contributed by atoms with Gasteiger partial charge in [-0.2, -0.15) is 0 Å². The van der Waals surface area contributed by atoms with Crippen LogP contribution in [0.25, 0.3) is 0 Å². The predicted octanol–water partition coefficient (Wildman–Crippen LogP) is 2.15. The Balaban J connectivity index is 1.78. The van der Waals surface area contributed by atoms with Gasteiger partial charge < -0.3 is 5.32 Å². The molecule has 5 nitrogen and oxygen atoms in total. The molecule has 2 heterocycles. The number of carbonyl (C=O) groups is 1. The SMILES string of the molecule is CC(C)c1nnsc1CNC(=O)CN1CCCCCC1. The molecule has 1 saturated heterocycles. The average molecular weight is 296 g/mol. The first kappa shape index (κ1) is 15.4. The Morgan fingerprint density at radius 1 is 1.30 bits per heavy atom. The van der Waals surface area contributed by atoms with Gasteiger partial charge in [-0.3, -0.25) is 9.69 Å². The molecule has 1 aliphatic rings. The topological polar surface area (TPSA) is 58.1 Å². The van der Waals surface area contributed by atoms with Gasteiger partial charge in [-0.15, -0.1) is 5.10 Å². The van der Waals surface area contributed by atoms with Crippen molar-refractivity contribution in [1.82, 2.24) is 19.8 Å². The average Bonchev–Trinajstić information content (AvgIpc) is 2.75. The number of nitrogens with one attached hydrogen (secondary N) is 1. The van der Waals surface area contributed by atoms with Crippen LogP contribution >= 0.6 is 11.5 Å². The third-order valence-electron chi connectivity index (χ3n) is 3.64. The van der Waals surface area contributed by atoms with E-state index in [1.807, 2.05) is 0 Å². The second-order valence-corrected chi connectivity index (χ2v) is 6.54. The van der Waals surface area contributed by atoms with Gasteiger partial charge in [0.25, 0.3) is 0 Å². The van der Waals surface area contributed by atoms with Gasteiger partial charge in [0.2, 0.25) is 5.91 Å². The van der Waals surface area contributed by atoms with Crippen LogP contribution in [0.5, 0.6) is 0 Å². The molecule has 1 aromatic rings. The predicted molar refractivity (Wildman–Crippen MR) is 80.8 cm³/mol. The molecule has 0 spiro atoms. The van der Waals surface area contributed by atoms with Crippen molar-refractivity contribution in [2.45, 2.75) is 52.0 Å². The van der Waals surface area contributed by atoms with Gasteiger partial charge in [-0.1, -0.05) is 31.2 Å². The molecule has 1 N–H and O–H groups in total. The lowest BCUT2D eigenvalue weighted by molar-refractivity contribution is -0.122. The van der Waals surface area contributed by atoms with Crippen molar-refractivity contribution in [3.63, 3.8) is 0 Å². The summed E-state index contributed by atoms with van der Waals surface area (Å²) in [6.07, 6.45) is 5.01. The number of hydrogen-bond donors (Lipinski definition) is 1. The summed E-state index contributed by atoms with van der Waals surface area (Å²) in [6.45, 7) is 7.36. The van der Waals surface area contributed by atoms with E-state index < -0.39 is 0 Å². The normalized spacial score (nSPS) is 17.1. The van der Waals surface area contributed by atoms with Gasteiger partial charge in [0, 0.05) is 0 Å². The Kier molecular flexibility index (Phi) is 5.91. The zero-order valence-corrected chi connectivity index (χ0v) is 13.2. The van der Waals surface area contributed by atoms with E-state index in [1.54, 1.807) is 0 Å². The Morgan fingerprint density at radius 2 is 2.00 bits per heavy atom. The van der Waals surface area contributed by atoms with Crippen molar-refractivity contribution in [3.05, 3.63) is 10.6 Å². The van der Waals surface area contributed by atoms with Crippen LogP contribution in [-0.2, 0) is 11.3 Å². The number of aromatic nitrogens is 2. The van der Waals surface area contributed by atoms with Gasteiger partial charge in [-0.05, 0) is 43.4 Å². The van der Waals surface area contributed by atoms with Gasteiger partial charge in [0.1, 0.15) is 0 Å². The van der Waals surface area contributed by atoms with Crippen molar-refractivity contribution in [2.75, 3.05) is 19.6 Å². The van der Waals surface area contributed by atoms with E-state index in [4.69, 9.17) is 0 Å². The number of carbonyl (C=O) groups excluding carboxylic acids is 1. The molecule has 0 aromatic carbocycles. The van der Waals surface area contributed by atoms with Gasteiger partial charge in [-0.25, -0.2) is 0 Å². The Morgan fingerprint density at radius 3 is 2.65 bits per heavy atom. The van der Waals surface area contributed by atoms with Crippen LogP contribution in [0.4, 0.5) is 0 Å². The highest BCUT2D eigenvalue weighted by atomic mass is 32.1. The van der Waals surface area contributed by atoms with E-state index in [-0.39, 0.29) is 5.91 Å². The van der Waals surface area contributed by atoms with Crippen molar-refractivity contribution >= 4 is 17.4 Å². The van der Waals surface area contributed by atoms with Crippen molar-refractivity contribution in [3.8, 4) is 0 Å². The molecule has 1 amide bonds. The maximum atomic E-state index is 12.0. The fraction of sp³-hybridized carbons (Fsp3) is 0.786.